The number of hydrogen-bond donors (Lipinski definition) is 2. The van der Waals surface area contributed by atoms with Crippen molar-refractivity contribution in [3.05, 3.63) is 52.1 Å². The van der Waals surface area contributed by atoms with Crippen LogP contribution in [0, 0.1) is 5.92 Å². The lowest BCUT2D eigenvalue weighted by Crippen LogP contribution is -2.44. The van der Waals surface area contributed by atoms with Crippen molar-refractivity contribution in [2.45, 2.75) is 64.5 Å². The number of hydrogen-bond acceptors (Lipinski definition) is 6. The van der Waals surface area contributed by atoms with Gasteiger partial charge in [-0.25, -0.2) is 9.78 Å². The van der Waals surface area contributed by atoms with Crippen molar-refractivity contribution in [2.75, 3.05) is 36.8 Å². The molecule has 1 unspecified atom stereocenters. The van der Waals surface area contributed by atoms with E-state index in [1.54, 1.807) is 24.3 Å². The van der Waals surface area contributed by atoms with Crippen molar-refractivity contribution >= 4 is 52.6 Å². The Bertz CT molecular complexity index is 1210. The van der Waals surface area contributed by atoms with Crippen LogP contribution in [0.2, 0.25) is 10.0 Å². The molecule has 2 aliphatic heterocycles. The first-order valence-electron chi connectivity index (χ1n) is 13.7. The van der Waals surface area contributed by atoms with Crippen LogP contribution >= 0.6 is 23.2 Å². The molecule has 4 rings (SSSR count). The van der Waals surface area contributed by atoms with Crippen LogP contribution < -0.4 is 10.6 Å². The molecule has 1 aromatic heterocycles. The van der Waals surface area contributed by atoms with Crippen molar-refractivity contribution in [3.8, 4) is 0 Å². The van der Waals surface area contributed by atoms with Gasteiger partial charge < -0.3 is 25.2 Å². The molecule has 3 amide bonds. The smallest absolute Gasteiger partial charge is 0.410 e. The predicted octanol–water partition coefficient (Wildman–Crippen LogP) is 6.08. The van der Waals surface area contributed by atoms with Gasteiger partial charge in [0.05, 0.1) is 16.3 Å². The second-order valence-corrected chi connectivity index (χ2v) is 12.2. The average molecular weight is 591 g/mol. The summed E-state index contributed by atoms with van der Waals surface area (Å²) in [6, 6.07) is 8.41. The van der Waals surface area contributed by atoms with E-state index in [4.69, 9.17) is 27.9 Å². The number of amides is 3. The van der Waals surface area contributed by atoms with Crippen LogP contribution in [0.15, 0.2) is 36.5 Å². The zero-order valence-electron chi connectivity index (χ0n) is 23.2. The van der Waals surface area contributed by atoms with Gasteiger partial charge in [-0.2, -0.15) is 0 Å². The maximum absolute atomic E-state index is 13.2. The van der Waals surface area contributed by atoms with Gasteiger partial charge in [0.2, 0.25) is 5.91 Å². The zero-order chi connectivity index (χ0) is 28.9. The summed E-state index contributed by atoms with van der Waals surface area (Å²) in [6.07, 6.45) is 5.48. The van der Waals surface area contributed by atoms with Gasteiger partial charge in [0.1, 0.15) is 11.4 Å². The highest BCUT2D eigenvalue weighted by Gasteiger charge is 2.32. The second kappa shape index (κ2) is 13.2. The van der Waals surface area contributed by atoms with Crippen molar-refractivity contribution in [1.82, 2.24) is 14.8 Å². The molecule has 2 aromatic rings. The zero-order valence-corrected chi connectivity index (χ0v) is 24.7. The van der Waals surface area contributed by atoms with Crippen LogP contribution in [-0.4, -0.2) is 70.5 Å². The molecule has 0 aliphatic carbocycles. The third-order valence-electron chi connectivity index (χ3n) is 7.22. The largest absolute Gasteiger partial charge is 0.444 e. The molecule has 2 fully saturated rings. The highest BCUT2D eigenvalue weighted by molar-refractivity contribution is 6.31. The molecule has 40 heavy (non-hydrogen) atoms. The van der Waals surface area contributed by atoms with Gasteiger partial charge in [-0.05, 0) is 96.3 Å². The number of piperidine rings is 1. The summed E-state index contributed by atoms with van der Waals surface area (Å²) in [5.74, 6) is -0.370. The average Bonchev–Trinajstić information content (AvgIpc) is 3.17. The van der Waals surface area contributed by atoms with Gasteiger partial charge in [-0.3, -0.25) is 9.59 Å². The SMILES string of the molecule is CC(C)(C)OC(=O)N1CCCC(N2CCC(C(=O)Nc3ccc(Cl)cc3C(=O)Nc3ccc(Cl)cn3)CC2)CC1. The minimum atomic E-state index is -0.504. The van der Waals surface area contributed by atoms with Crippen LogP contribution in [0.5, 0.6) is 0 Å². The molecule has 2 aliphatic rings. The minimum absolute atomic E-state index is 0.113. The summed E-state index contributed by atoms with van der Waals surface area (Å²) < 4.78 is 5.55. The number of carbonyl (C=O) groups is 3. The molecule has 2 N–H and O–H groups in total. The van der Waals surface area contributed by atoms with E-state index in [0.717, 1.165) is 45.2 Å². The van der Waals surface area contributed by atoms with Crippen LogP contribution in [0.25, 0.3) is 0 Å². The molecule has 11 heteroatoms. The standard InChI is InChI=1S/C29H37Cl2N5O4/c1-29(2,3)40-28(39)36-13-4-5-22(12-16-36)35-14-10-19(11-15-35)26(37)33-24-8-6-20(30)17-23(24)27(38)34-25-9-7-21(31)18-32-25/h6-9,17-19,22H,4-5,10-16H2,1-3H3,(H,33,37)(H,32,34,38). The lowest BCUT2D eigenvalue weighted by atomic mass is 9.93. The number of pyridine rings is 1. The second-order valence-electron chi connectivity index (χ2n) is 11.4. The molecule has 0 spiro atoms. The summed E-state index contributed by atoms with van der Waals surface area (Å²) in [6.45, 7) is 8.65. The molecule has 2 saturated heterocycles. The van der Waals surface area contributed by atoms with Crippen LogP contribution in [0.3, 0.4) is 0 Å². The Kier molecular flexibility index (Phi) is 9.92. The molecule has 1 atom stereocenters. The van der Waals surface area contributed by atoms with Gasteiger partial charge in [0.15, 0.2) is 0 Å². The molecule has 0 bridgehead atoms. The van der Waals surface area contributed by atoms with Gasteiger partial charge in [-0.15, -0.1) is 0 Å². The fourth-order valence-electron chi connectivity index (χ4n) is 5.16. The number of halogens is 2. The first-order valence-corrected chi connectivity index (χ1v) is 14.5. The Morgan fingerprint density at radius 1 is 0.925 bits per heavy atom. The number of carbonyl (C=O) groups excluding carboxylic acids is 3. The maximum atomic E-state index is 13.2. The summed E-state index contributed by atoms with van der Waals surface area (Å²) in [4.78, 5) is 47.1. The lowest BCUT2D eigenvalue weighted by molar-refractivity contribution is -0.121. The van der Waals surface area contributed by atoms with Crippen molar-refractivity contribution in [2.24, 2.45) is 5.92 Å². The third kappa shape index (κ3) is 8.32. The Morgan fingerprint density at radius 2 is 1.65 bits per heavy atom. The molecular formula is C29H37Cl2N5O4. The molecule has 0 radical (unpaired) electrons. The summed E-state index contributed by atoms with van der Waals surface area (Å²) in [5.41, 5.74) is 0.146. The van der Waals surface area contributed by atoms with E-state index in [1.807, 2.05) is 25.7 Å². The summed E-state index contributed by atoms with van der Waals surface area (Å²) >= 11 is 12.0. The van der Waals surface area contributed by atoms with Crippen LogP contribution in [0.1, 0.15) is 63.2 Å². The molecule has 9 nitrogen and oxygen atoms in total. The molecule has 0 saturated carbocycles. The van der Waals surface area contributed by atoms with Gasteiger partial charge in [-0.1, -0.05) is 23.2 Å². The molecule has 216 valence electrons. The molecule has 1 aromatic carbocycles. The number of ether oxygens (including phenoxy) is 1. The van der Waals surface area contributed by atoms with Crippen molar-refractivity contribution < 1.29 is 19.1 Å². The minimum Gasteiger partial charge on any atom is -0.444 e. The number of nitrogens with zero attached hydrogens (tertiary/aromatic N) is 3. The quantitative estimate of drug-likeness (QED) is 0.438. The van der Waals surface area contributed by atoms with E-state index >= 15 is 0 Å². The summed E-state index contributed by atoms with van der Waals surface area (Å²) in [5, 5.41) is 6.51. The first kappa shape index (κ1) is 30.1. The van der Waals surface area contributed by atoms with Crippen molar-refractivity contribution in [1.29, 1.82) is 0 Å². The first-order chi connectivity index (χ1) is 19.0. The van der Waals surface area contributed by atoms with Crippen LogP contribution in [0.4, 0.5) is 16.3 Å². The number of rotatable bonds is 5. The Labute approximate surface area is 245 Å². The topological polar surface area (TPSA) is 104 Å². The van der Waals surface area contributed by atoms with E-state index in [1.165, 1.54) is 12.3 Å². The normalized spacial score (nSPS) is 19.0. The Morgan fingerprint density at radius 3 is 2.33 bits per heavy atom. The monoisotopic (exact) mass is 589 g/mol. The van der Waals surface area contributed by atoms with Gasteiger partial charge in [0, 0.05) is 36.3 Å². The van der Waals surface area contributed by atoms with Crippen LogP contribution in [-0.2, 0) is 9.53 Å². The van der Waals surface area contributed by atoms with E-state index in [-0.39, 0.29) is 23.5 Å². The van der Waals surface area contributed by atoms with Gasteiger partial charge >= 0.3 is 6.09 Å². The number of likely N-dealkylation sites (tertiary alicyclic amines) is 2. The predicted molar refractivity (Wildman–Crippen MR) is 157 cm³/mol. The maximum Gasteiger partial charge on any atom is 0.410 e. The lowest BCUT2D eigenvalue weighted by Gasteiger charge is -2.37. The van der Waals surface area contributed by atoms with Crippen molar-refractivity contribution in [3.63, 3.8) is 0 Å². The fourth-order valence-corrected chi connectivity index (χ4v) is 5.45. The summed E-state index contributed by atoms with van der Waals surface area (Å²) in [7, 11) is 0. The Hall–Kier alpha value is -2.88. The van der Waals surface area contributed by atoms with E-state index in [0.29, 0.717) is 40.7 Å². The van der Waals surface area contributed by atoms with Gasteiger partial charge in [0.25, 0.3) is 5.91 Å². The van der Waals surface area contributed by atoms with E-state index < -0.39 is 11.5 Å². The number of benzene rings is 1. The molecule has 3 heterocycles. The Balaban J connectivity index is 1.31. The fraction of sp³-hybridized carbons (Fsp3) is 0.517. The number of nitrogens with one attached hydrogen (secondary N) is 2. The number of anilines is 2. The number of aromatic nitrogens is 1. The van der Waals surface area contributed by atoms with E-state index in [9.17, 15) is 14.4 Å². The highest BCUT2D eigenvalue weighted by atomic mass is 35.5. The third-order valence-corrected chi connectivity index (χ3v) is 7.68. The molecular weight excluding hydrogens is 553 g/mol. The van der Waals surface area contributed by atoms with E-state index in [2.05, 4.69) is 20.5 Å². The highest BCUT2D eigenvalue weighted by Crippen LogP contribution is 2.28.